The molecule has 1 aliphatic rings. The van der Waals surface area contributed by atoms with Crippen LogP contribution in [0.5, 0.6) is 0 Å². The summed E-state index contributed by atoms with van der Waals surface area (Å²) in [5, 5.41) is 15.8. The number of guanidine groups is 1. The lowest BCUT2D eigenvalue weighted by Gasteiger charge is -2.33. The number of hydrogen-bond acceptors (Lipinski definition) is 5. The number of hydrogen-bond donors (Lipinski definition) is 3. The van der Waals surface area contributed by atoms with Gasteiger partial charge in [0.15, 0.2) is 5.96 Å². The first-order valence-corrected chi connectivity index (χ1v) is 10.9. The maximum absolute atomic E-state index is 8.81. The second-order valence-electron chi connectivity index (χ2n) is 7.50. The molecule has 2 heterocycles. The SMILES string of the molecule is I.OCCOCCN=C(NCCc1ccco1)NC1CCN(Cc2ccccc2)CC1. The Hall–Kier alpha value is -1.62. The quantitative estimate of drug-likeness (QED) is 0.175. The Morgan fingerprint density at radius 1 is 1.13 bits per heavy atom. The van der Waals surface area contributed by atoms with Crippen LogP contribution in [0.15, 0.2) is 58.1 Å². The molecule has 0 saturated carbocycles. The third-order valence-electron chi connectivity index (χ3n) is 5.16. The number of rotatable bonds is 11. The fourth-order valence-corrected chi connectivity index (χ4v) is 3.57. The van der Waals surface area contributed by atoms with Gasteiger partial charge in [0.05, 0.1) is 32.6 Å². The van der Waals surface area contributed by atoms with Crippen LogP contribution in [-0.4, -0.2) is 68.0 Å². The van der Waals surface area contributed by atoms with Gasteiger partial charge in [0.2, 0.25) is 0 Å². The molecule has 8 heteroatoms. The van der Waals surface area contributed by atoms with Crippen molar-refractivity contribution < 1.29 is 14.3 Å². The summed E-state index contributed by atoms with van der Waals surface area (Å²) in [6.45, 7) is 5.37. The number of aliphatic hydroxyl groups is 1. The van der Waals surface area contributed by atoms with Gasteiger partial charge in [-0.05, 0) is 30.5 Å². The van der Waals surface area contributed by atoms with Crippen LogP contribution < -0.4 is 10.6 Å². The Balaban J connectivity index is 0.00000341. The van der Waals surface area contributed by atoms with Gasteiger partial charge in [-0.2, -0.15) is 0 Å². The smallest absolute Gasteiger partial charge is 0.191 e. The van der Waals surface area contributed by atoms with Crippen LogP contribution in [0, 0.1) is 0 Å². The molecule has 0 amide bonds. The van der Waals surface area contributed by atoms with E-state index in [1.54, 1.807) is 6.26 Å². The van der Waals surface area contributed by atoms with Crippen molar-refractivity contribution in [3.8, 4) is 0 Å². The van der Waals surface area contributed by atoms with Gasteiger partial charge in [0.1, 0.15) is 5.76 Å². The average molecular weight is 542 g/mol. The van der Waals surface area contributed by atoms with E-state index in [1.807, 2.05) is 12.1 Å². The van der Waals surface area contributed by atoms with E-state index < -0.39 is 0 Å². The third-order valence-corrected chi connectivity index (χ3v) is 5.16. The maximum atomic E-state index is 8.81. The molecule has 1 aromatic heterocycles. The van der Waals surface area contributed by atoms with Crippen molar-refractivity contribution >= 4 is 29.9 Å². The molecule has 1 fully saturated rings. The molecule has 0 aliphatic carbocycles. The molecule has 1 aromatic carbocycles. The minimum atomic E-state index is 0. The zero-order valence-electron chi connectivity index (χ0n) is 18.0. The van der Waals surface area contributed by atoms with E-state index in [-0.39, 0.29) is 30.6 Å². The van der Waals surface area contributed by atoms with E-state index >= 15 is 0 Å². The highest BCUT2D eigenvalue weighted by Gasteiger charge is 2.20. The van der Waals surface area contributed by atoms with Gasteiger partial charge in [-0.3, -0.25) is 9.89 Å². The van der Waals surface area contributed by atoms with E-state index in [9.17, 15) is 0 Å². The maximum Gasteiger partial charge on any atom is 0.191 e. The summed E-state index contributed by atoms with van der Waals surface area (Å²) in [7, 11) is 0. The Morgan fingerprint density at radius 2 is 1.94 bits per heavy atom. The molecular formula is C23H35IN4O3. The van der Waals surface area contributed by atoms with Gasteiger partial charge in [0, 0.05) is 38.6 Å². The molecule has 0 spiro atoms. The lowest BCUT2D eigenvalue weighted by molar-refractivity contribution is 0.0977. The second kappa shape index (κ2) is 15.2. The van der Waals surface area contributed by atoms with E-state index in [2.05, 4.69) is 50.9 Å². The molecule has 1 saturated heterocycles. The highest BCUT2D eigenvalue weighted by Crippen LogP contribution is 2.13. The fourth-order valence-electron chi connectivity index (χ4n) is 3.57. The molecule has 7 nitrogen and oxygen atoms in total. The first kappa shape index (κ1) is 25.6. The van der Waals surface area contributed by atoms with Crippen molar-refractivity contribution in [2.24, 2.45) is 4.99 Å². The lowest BCUT2D eigenvalue weighted by atomic mass is 10.0. The van der Waals surface area contributed by atoms with Gasteiger partial charge in [0.25, 0.3) is 0 Å². The van der Waals surface area contributed by atoms with Crippen molar-refractivity contribution in [1.82, 2.24) is 15.5 Å². The largest absolute Gasteiger partial charge is 0.469 e. The summed E-state index contributed by atoms with van der Waals surface area (Å²) < 4.78 is 10.7. The number of nitrogens with one attached hydrogen (secondary N) is 2. The van der Waals surface area contributed by atoms with Crippen LogP contribution in [0.2, 0.25) is 0 Å². The Kier molecular flexibility index (Phi) is 12.6. The van der Waals surface area contributed by atoms with Crippen LogP contribution in [0.1, 0.15) is 24.2 Å². The zero-order chi connectivity index (χ0) is 20.9. The minimum absolute atomic E-state index is 0. The second-order valence-corrected chi connectivity index (χ2v) is 7.50. The van der Waals surface area contributed by atoms with E-state index in [1.165, 1.54) is 5.56 Å². The van der Waals surface area contributed by atoms with Gasteiger partial charge in [-0.15, -0.1) is 24.0 Å². The Morgan fingerprint density at radius 3 is 2.65 bits per heavy atom. The Bertz CT molecular complexity index is 720. The molecule has 2 aromatic rings. The molecule has 0 bridgehead atoms. The number of benzene rings is 1. The first-order valence-electron chi connectivity index (χ1n) is 10.9. The normalized spacial score (nSPS) is 15.5. The molecule has 0 unspecified atom stereocenters. The number of piperidine rings is 1. The van der Waals surface area contributed by atoms with E-state index in [0.717, 1.165) is 57.2 Å². The van der Waals surface area contributed by atoms with Crippen molar-refractivity contribution in [2.75, 3.05) is 46.0 Å². The van der Waals surface area contributed by atoms with Gasteiger partial charge in [-0.25, -0.2) is 0 Å². The molecular weight excluding hydrogens is 507 g/mol. The van der Waals surface area contributed by atoms with Crippen molar-refractivity contribution in [1.29, 1.82) is 0 Å². The fraction of sp³-hybridized carbons (Fsp3) is 0.522. The average Bonchev–Trinajstić information content (AvgIpc) is 3.29. The lowest BCUT2D eigenvalue weighted by Crippen LogP contribution is -2.49. The van der Waals surface area contributed by atoms with Crippen molar-refractivity contribution in [2.45, 2.75) is 31.8 Å². The molecule has 31 heavy (non-hydrogen) atoms. The predicted octanol–water partition coefficient (Wildman–Crippen LogP) is 2.65. The number of likely N-dealkylation sites (tertiary alicyclic amines) is 1. The van der Waals surface area contributed by atoms with E-state index in [0.29, 0.717) is 25.8 Å². The summed E-state index contributed by atoms with van der Waals surface area (Å²) in [5.41, 5.74) is 1.37. The van der Waals surface area contributed by atoms with Gasteiger partial charge in [-0.1, -0.05) is 30.3 Å². The van der Waals surface area contributed by atoms with Crippen molar-refractivity contribution in [3.05, 3.63) is 60.1 Å². The van der Waals surface area contributed by atoms with Gasteiger partial charge < -0.3 is 24.9 Å². The number of aliphatic imine (C=N–C) groups is 1. The van der Waals surface area contributed by atoms with Gasteiger partial charge >= 0.3 is 0 Å². The monoisotopic (exact) mass is 542 g/mol. The highest BCUT2D eigenvalue weighted by molar-refractivity contribution is 14.0. The molecule has 0 atom stereocenters. The van der Waals surface area contributed by atoms with E-state index in [4.69, 9.17) is 14.3 Å². The van der Waals surface area contributed by atoms with Crippen molar-refractivity contribution in [3.63, 3.8) is 0 Å². The molecule has 172 valence electrons. The summed E-state index contributed by atoms with van der Waals surface area (Å²) in [6, 6.07) is 14.9. The molecule has 0 radical (unpaired) electrons. The number of nitrogens with zero attached hydrogens (tertiary/aromatic N) is 2. The molecule has 3 rings (SSSR count). The summed E-state index contributed by atoms with van der Waals surface area (Å²) in [6.07, 6.45) is 4.69. The summed E-state index contributed by atoms with van der Waals surface area (Å²) >= 11 is 0. The van der Waals surface area contributed by atoms with Crippen LogP contribution in [0.25, 0.3) is 0 Å². The zero-order valence-corrected chi connectivity index (χ0v) is 20.4. The summed E-state index contributed by atoms with van der Waals surface area (Å²) in [5.74, 6) is 1.78. The number of halogens is 1. The topological polar surface area (TPSA) is 82.3 Å². The summed E-state index contributed by atoms with van der Waals surface area (Å²) in [4.78, 5) is 7.15. The van der Waals surface area contributed by atoms with Crippen LogP contribution in [0.3, 0.4) is 0 Å². The standard InChI is InChI=1S/C23H34N4O3.HI/c28-15-18-29-17-12-25-23(24-11-8-22-7-4-16-30-22)26-21-9-13-27(14-10-21)19-20-5-2-1-3-6-20;/h1-7,16,21,28H,8-15,17-19H2,(H2,24,25,26);1H. The predicted molar refractivity (Wildman–Crippen MR) is 134 cm³/mol. The molecule has 1 aliphatic heterocycles. The first-order chi connectivity index (χ1) is 14.8. The van der Waals surface area contributed by atoms with Crippen LogP contribution in [0.4, 0.5) is 0 Å². The van der Waals surface area contributed by atoms with Crippen LogP contribution >= 0.6 is 24.0 Å². The molecule has 3 N–H and O–H groups in total. The third kappa shape index (κ3) is 10.0. The minimum Gasteiger partial charge on any atom is -0.469 e. The number of ether oxygens (including phenoxy) is 1. The number of aliphatic hydroxyl groups excluding tert-OH is 1. The number of furan rings is 1. The Labute approximate surface area is 202 Å². The van der Waals surface area contributed by atoms with Crippen LogP contribution in [-0.2, 0) is 17.7 Å². The highest BCUT2D eigenvalue weighted by atomic mass is 127.